The van der Waals surface area contributed by atoms with Crippen molar-refractivity contribution < 1.29 is 9.85 Å². The number of nitro benzene ring substituents is 2. The molecular formula is C21H21N9O4. The van der Waals surface area contributed by atoms with E-state index in [1.807, 2.05) is 4.90 Å². The first-order valence-electron chi connectivity index (χ1n) is 10.5. The fourth-order valence-electron chi connectivity index (χ4n) is 3.35. The number of rotatable bonds is 8. The molecule has 174 valence electrons. The zero-order valence-corrected chi connectivity index (χ0v) is 18.2. The maximum atomic E-state index is 10.9. The molecule has 4 rings (SSSR count). The van der Waals surface area contributed by atoms with Gasteiger partial charge < -0.3 is 10.2 Å². The average molecular weight is 463 g/mol. The molecule has 0 aliphatic carbocycles. The summed E-state index contributed by atoms with van der Waals surface area (Å²) in [4.78, 5) is 36.1. The second kappa shape index (κ2) is 9.85. The second-order valence-corrected chi connectivity index (χ2v) is 7.52. The van der Waals surface area contributed by atoms with Gasteiger partial charge >= 0.3 is 0 Å². The van der Waals surface area contributed by atoms with Crippen LogP contribution in [0.5, 0.6) is 0 Å². The lowest BCUT2D eigenvalue weighted by Gasteiger charge is -2.16. The zero-order valence-electron chi connectivity index (χ0n) is 18.2. The van der Waals surface area contributed by atoms with Gasteiger partial charge in [0, 0.05) is 43.0 Å². The normalized spacial score (nSPS) is 13.6. The van der Waals surface area contributed by atoms with Gasteiger partial charge in [0.15, 0.2) is 0 Å². The lowest BCUT2D eigenvalue weighted by molar-refractivity contribution is -0.385. The first kappa shape index (κ1) is 22.5. The number of nitrogens with one attached hydrogen (secondary N) is 2. The summed E-state index contributed by atoms with van der Waals surface area (Å²) in [5.41, 5.74) is 4.69. The summed E-state index contributed by atoms with van der Waals surface area (Å²) in [5, 5.41) is 29.1. The molecule has 34 heavy (non-hydrogen) atoms. The van der Waals surface area contributed by atoms with Crippen molar-refractivity contribution in [3.63, 3.8) is 0 Å². The van der Waals surface area contributed by atoms with Crippen LogP contribution in [0.25, 0.3) is 0 Å². The molecule has 1 aromatic heterocycles. The van der Waals surface area contributed by atoms with Gasteiger partial charge in [-0.2, -0.15) is 20.1 Å². The van der Waals surface area contributed by atoms with Crippen LogP contribution in [0.2, 0.25) is 0 Å². The molecule has 2 heterocycles. The fraction of sp³-hybridized carbons (Fsp3) is 0.238. The molecule has 1 aliphatic heterocycles. The van der Waals surface area contributed by atoms with E-state index < -0.39 is 9.85 Å². The van der Waals surface area contributed by atoms with Gasteiger partial charge in [0.1, 0.15) is 0 Å². The van der Waals surface area contributed by atoms with Gasteiger partial charge in [-0.15, -0.1) is 0 Å². The first-order valence-corrected chi connectivity index (χ1v) is 10.5. The third-order valence-electron chi connectivity index (χ3n) is 5.17. The van der Waals surface area contributed by atoms with E-state index in [2.05, 4.69) is 30.8 Å². The maximum Gasteiger partial charge on any atom is 0.269 e. The van der Waals surface area contributed by atoms with E-state index in [1.54, 1.807) is 31.2 Å². The molecule has 0 bridgehead atoms. The molecule has 0 amide bonds. The van der Waals surface area contributed by atoms with Gasteiger partial charge in [-0.25, -0.2) is 5.43 Å². The fourth-order valence-corrected chi connectivity index (χ4v) is 3.35. The number of anilines is 4. The van der Waals surface area contributed by atoms with Crippen molar-refractivity contribution in [2.24, 2.45) is 5.10 Å². The summed E-state index contributed by atoms with van der Waals surface area (Å²) < 4.78 is 0. The van der Waals surface area contributed by atoms with Gasteiger partial charge in [0.05, 0.1) is 15.6 Å². The van der Waals surface area contributed by atoms with E-state index in [4.69, 9.17) is 0 Å². The zero-order chi connectivity index (χ0) is 24.1. The van der Waals surface area contributed by atoms with Gasteiger partial charge in [0.25, 0.3) is 11.4 Å². The Labute approximate surface area is 193 Å². The van der Waals surface area contributed by atoms with E-state index in [-0.39, 0.29) is 23.3 Å². The second-order valence-electron chi connectivity index (χ2n) is 7.52. The molecule has 1 aliphatic rings. The summed E-state index contributed by atoms with van der Waals surface area (Å²) >= 11 is 0. The Morgan fingerprint density at radius 3 is 2.03 bits per heavy atom. The summed E-state index contributed by atoms with van der Waals surface area (Å²) in [6, 6.07) is 12.0. The van der Waals surface area contributed by atoms with Crippen LogP contribution < -0.4 is 15.6 Å². The summed E-state index contributed by atoms with van der Waals surface area (Å²) in [6.07, 6.45) is 2.08. The van der Waals surface area contributed by atoms with E-state index in [9.17, 15) is 20.2 Å². The molecule has 1 fully saturated rings. The van der Waals surface area contributed by atoms with Crippen molar-refractivity contribution in [1.29, 1.82) is 0 Å². The summed E-state index contributed by atoms with van der Waals surface area (Å²) in [7, 11) is 0. The van der Waals surface area contributed by atoms with Crippen LogP contribution in [0.3, 0.4) is 0 Å². The Morgan fingerprint density at radius 1 is 0.882 bits per heavy atom. The monoisotopic (exact) mass is 463 g/mol. The molecule has 13 nitrogen and oxygen atoms in total. The summed E-state index contributed by atoms with van der Waals surface area (Å²) in [5.74, 6) is 0.960. The number of hydrogen-bond donors (Lipinski definition) is 2. The SMILES string of the molecule is CC(=NNc1nc(Nc2ccc([N+](=O)[O-])cc2)nc(N2CCCC2)n1)c1ccc([N+](=O)[O-])cc1. The number of benzene rings is 2. The standard InChI is InChI=1S/C21H21N9O4/c1-14(15-4-8-17(9-5-15)29(31)32)26-27-20-23-19(24-21(25-20)28-12-2-3-13-28)22-16-6-10-18(11-7-16)30(33)34/h4-11H,2-3,12-13H2,1H3,(H2,22,23,24,25,27). The average Bonchev–Trinajstić information content (AvgIpc) is 3.38. The van der Waals surface area contributed by atoms with Crippen molar-refractivity contribution in [1.82, 2.24) is 15.0 Å². The highest BCUT2D eigenvalue weighted by molar-refractivity contribution is 5.99. The lowest BCUT2D eigenvalue weighted by atomic mass is 10.1. The molecule has 0 atom stereocenters. The van der Waals surface area contributed by atoms with Crippen LogP contribution in [0.4, 0.5) is 34.9 Å². The highest BCUT2D eigenvalue weighted by Crippen LogP contribution is 2.22. The van der Waals surface area contributed by atoms with E-state index >= 15 is 0 Å². The molecule has 1 saturated heterocycles. The Hall–Kier alpha value is -4.68. The topological polar surface area (TPSA) is 165 Å². The molecule has 0 spiro atoms. The molecule has 0 saturated carbocycles. The predicted octanol–water partition coefficient (Wildman–Crippen LogP) is 3.87. The third kappa shape index (κ3) is 5.38. The number of nitro groups is 2. The Kier molecular flexibility index (Phi) is 6.52. The van der Waals surface area contributed by atoms with Gasteiger partial charge in [-0.3, -0.25) is 20.2 Å². The van der Waals surface area contributed by atoms with Crippen LogP contribution in [-0.2, 0) is 0 Å². The highest BCUT2D eigenvalue weighted by Gasteiger charge is 2.18. The van der Waals surface area contributed by atoms with Crippen LogP contribution in [-0.4, -0.2) is 43.6 Å². The van der Waals surface area contributed by atoms with Crippen LogP contribution in [0.1, 0.15) is 25.3 Å². The molecule has 2 aromatic carbocycles. The lowest BCUT2D eigenvalue weighted by Crippen LogP contribution is -2.22. The van der Waals surface area contributed by atoms with Crippen molar-refractivity contribution in [3.05, 3.63) is 74.3 Å². The Balaban J connectivity index is 1.56. The quantitative estimate of drug-likeness (QED) is 0.284. The minimum Gasteiger partial charge on any atom is -0.341 e. The van der Waals surface area contributed by atoms with Crippen LogP contribution >= 0.6 is 0 Å². The Bertz CT molecular complexity index is 1220. The first-order chi connectivity index (χ1) is 16.4. The molecule has 13 heteroatoms. The third-order valence-corrected chi connectivity index (χ3v) is 5.17. The molecule has 0 radical (unpaired) electrons. The van der Waals surface area contributed by atoms with Gasteiger partial charge in [-0.1, -0.05) is 0 Å². The molecule has 3 aromatic rings. The van der Waals surface area contributed by atoms with Crippen molar-refractivity contribution in [2.45, 2.75) is 19.8 Å². The van der Waals surface area contributed by atoms with E-state index in [0.717, 1.165) is 25.9 Å². The highest BCUT2D eigenvalue weighted by atomic mass is 16.6. The van der Waals surface area contributed by atoms with Crippen molar-refractivity contribution in [2.75, 3.05) is 28.7 Å². The van der Waals surface area contributed by atoms with E-state index in [1.165, 1.54) is 24.3 Å². The summed E-state index contributed by atoms with van der Waals surface area (Å²) in [6.45, 7) is 3.41. The largest absolute Gasteiger partial charge is 0.341 e. The van der Waals surface area contributed by atoms with Crippen LogP contribution in [0, 0.1) is 20.2 Å². The van der Waals surface area contributed by atoms with Crippen molar-refractivity contribution >= 4 is 40.6 Å². The molecular weight excluding hydrogens is 442 g/mol. The van der Waals surface area contributed by atoms with Gasteiger partial charge in [0.2, 0.25) is 17.8 Å². The number of hydrogen-bond acceptors (Lipinski definition) is 11. The van der Waals surface area contributed by atoms with E-state index in [0.29, 0.717) is 22.9 Å². The molecule has 2 N–H and O–H groups in total. The number of nitrogens with zero attached hydrogens (tertiary/aromatic N) is 7. The van der Waals surface area contributed by atoms with Gasteiger partial charge in [-0.05, 0) is 49.6 Å². The number of aromatic nitrogens is 3. The Morgan fingerprint density at radius 2 is 1.44 bits per heavy atom. The van der Waals surface area contributed by atoms with Crippen molar-refractivity contribution in [3.8, 4) is 0 Å². The van der Waals surface area contributed by atoms with Crippen LogP contribution in [0.15, 0.2) is 53.6 Å². The minimum absolute atomic E-state index is 0.000749. The molecule has 0 unspecified atom stereocenters. The number of hydrazone groups is 1. The maximum absolute atomic E-state index is 10.9. The minimum atomic E-state index is -0.467. The predicted molar refractivity (Wildman–Crippen MR) is 127 cm³/mol. The number of non-ortho nitro benzene ring substituents is 2. The smallest absolute Gasteiger partial charge is 0.269 e.